The van der Waals surface area contributed by atoms with Crippen molar-refractivity contribution in [1.82, 2.24) is 52.4 Å². The molecule has 3 aliphatic rings. The first-order valence-corrected chi connectivity index (χ1v) is 27.4. The van der Waals surface area contributed by atoms with Gasteiger partial charge in [0, 0.05) is 60.0 Å². The second-order valence-electron chi connectivity index (χ2n) is 20.8. The minimum absolute atomic E-state index is 0.123. The van der Waals surface area contributed by atoms with Gasteiger partial charge in [0.05, 0.1) is 50.4 Å². The van der Waals surface area contributed by atoms with Crippen LogP contribution in [-0.4, -0.2) is 188 Å². The number of amides is 10. The number of nitrogens with two attached hydrogens (primary N) is 1. The maximum atomic E-state index is 15.0. The molecular formula is C50H75N11O16S. The predicted octanol–water partition coefficient (Wildman–Crippen LogP) is -3.16. The van der Waals surface area contributed by atoms with Gasteiger partial charge in [0.1, 0.15) is 47.3 Å². The topological polar surface area (TPSA) is 414 Å². The van der Waals surface area contributed by atoms with Crippen LogP contribution in [0.3, 0.4) is 0 Å². The lowest BCUT2D eigenvalue weighted by atomic mass is 9.93. The second kappa shape index (κ2) is 28.2. The number of aliphatic hydroxyl groups is 3. The van der Waals surface area contributed by atoms with Gasteiger partial charge >= 0.3 is 6.09 Å². The Balaban J connectivity index is 1.62. The van der Waals surface area contributed by atoms with E-state index in [1.165, 1.54) is 6.92 Å². The molecule has 2 bridgehead atoms. The van der Waals surface area contributed by atoms with E-state index in [0.29, 0.717) is 42.5 Å². The number of aliphatic hydroxyl groups excluding tert-OH is 3. The normalized spacial score (nSPS) is 25.6. The molecule has 1 unspecified atom stereocenters. The Kier molecular flexibility index (Phi) is 22.5. The SMILES string of the molecule is CC[C@H](C)[C@@H]1NC(=O)CNC(=O)[C@H]2Cc3c([nH]c4cc(OCCCCCCNC(=O)OC(C)(C)C)ccc34)[S+]([O-])C[C@H](NC(=O)CNC1=O)C(=O)N[C@@H](CC(N)=O)C(=O)N1C[C@H](O)C[C@H]1C(=O)N[C@@H]([C@@H](C)[C@@H](O)CO)C(=O)N2. The first kappa shape index (κ1) is 62.1. The zero-order chi connectivity index (χ0) is 57.6. The van der Waals surface area contributed by atoms with E-state index in [2.05, 4.69) is 47.5 Å². The molecule has 2 aromatic rings. The van der Waals surface area contributed by atoms with Crippen molar-refractivity contribution >= 4 is 81.3 Å². The molecule has 11 atom stereocenters. The number of ether oxygens (including phenoxy) is 2. The van der Waals surface area contributed by atoms with Crippen LogP contribution in [0.2, 0.25) is 0 Å². The lowest BCUT2D eigenvalue weighted by Gasteiger charge is -2.32. The van der Waals surface area contributed by atoms with Gasteiger partial charge in [-0.3, -0.25) is 43.2 Å². The fourth-order valence-corrected chi connectivity index (χ4v) is 10.5. The van der Waals surface area contributed by atoms with Crippen molar-refractivity contribution in [1.29, 1.82) is 0 Å². The van der Waals surface area contributed by atoms with E-state index < -0.39 is 188 Å². The number of hydrogen-bond donors (Lipinski definition) is 13. The Morgan fingerprint density at radius 1 is 0.872 bits per heavy atom. The van der Waals surface area contributed by atoms with E-state index >= 15 is 0 Å². The first-order valence-electron chi connectivity index (χ1n) is 26.0. The lowest BCUT2D eigenvalue weighted by molar-refractivity contribution is -0.144. The van der Waals surface area contributed by atoms with Crippen LogP contribution in [0, 0.1) is 11.8 Å². The van der Waals surface area contributed by atoms with Crippen molar-refractivity contribution in [3.05, 3.63) is 23.8 Å². The molecule has 0 aliphatic carbocycles. The van der Waals surface area contributed by atoms with Crippen LogP contribution in [0.4, 0.5) is 4.79 Å². The van der Waals surface area contributed by atoms with E-state index in [0.717, 1.165) is 17.7 Å². The number of rotatable bonds is 15. The van der Waals surface area contributed by atoms with Crippen LogP contribution in [0.5, 0.6) is 5.75 Å². The van der Waals surface area contributed by atoms with Gasteiger partial charge in [-0.15, -0.1) is 0 Å². The third kappa shape index (κ3) is 17.4. The number of fused-ring (bicyclic) bond motifs is 5. The Labute approximate surface area is 453 Å². The molecule has 14 N–H and O–H groups in total. The second-order valence-corrected chi connectivity index (χ2v) is 22.3. The molecule has 1 fully saturated rings. The standard InChI is InChI=1S/C50H75N11O16S/c1-7-25(2)40-45(71)54-20-38(66)55-34-24-78(75)47-30(29-13-12-28(17-31(29)58-47)76-15-11-9-8-10-14-52-49(74)77-50(4,5)6)18-32(42(68)53-21-39(67)59-40)56-46(72)41(26(3)36(64)23-62)60-44(70)35-16-27(63)22-61(35)48(73)33(19-37(51)65)57-43(34)69/h12-13,17,25-27,32-36,40-41,58,62-64H,7-11,14-16,18-24H2,1-6H3,(H2,51,65)(H,52,74)(H,53,68)(H,54,71)(H,55,66)(H,56,72)(H,57,69)(H,59,67)(H,60,70)/t25-,26-,27+,32+,33-,34-,35-,36-,40-,41-,78?/m0/s1. The fraction of sp³-hybridized carbons (Fsp3) is 0.640. The number of carbonyl (C=O) groups excluding carboxylic acids is 10. The van der Waals surface area contributed by atoms with Crippen LogP contribution < -0.4 is 53.0 Å². The molecule has 78 heavy (non-hydrogen) atoms. The Morgan fingerprint density at radius 2 is 1.55 bits per heavy atom. The number of hydrogen-bond acceptors (Lipinski definition) is 16. The smallest absolute Gasteiger partial charge is 0.407 e. The summed E-state index contributed by atoms with van der Waals surface area (Å²) >= 11 is -2.39. The summed E-state index contributed by atoms with van der Waals surface area (Å²) in [5.41, 5.74) is 5.35. The van der Waals surface area contributed by atoms with Gasteiger partial charge in [0.25, 0.3) is 0 Å². The molecule has 0 radical (unpaired) electrons. The quantitative estimate of drug-likeness (QED) is 0.0618. The molecule has 27 nitrogen and oxygen atoms in total. The van der Waals surface area contributed by atoms with E-state index in [1.807, 2.05) is 0 Å². The highest BCUT2D eigenvalue weighted by Crippen LogP contribution is 2.32. The molecule has 5 rings (SSSR count). The minimum atomic E-state index is -2.39. The van der Waals surface area contributed by atoms with E-state index in [-0.39, 0.29) is 17.2 Å². The number of carbonyl (C=O) groups is 10. The van der Waals surface area contributed by atoms with Gasteiger partial charge in [0.2, 0.25) is 58.2 Å². The summed E-state index contributed by atoms with van der Waals surface area (Å²) < 4.78 is 26.3. The van der Waals surface area contributed by atoms with E-state index in [4.69, 9.17) is 15.2 Å². The van der Waals surface area contributed by atoms with Crippen LogP contribution >= 0.6 is 0 Å². The van der Waals surface area contributed by atoms with Crippen LogP contribution in [0.1, 0.15) is 92.1 Å². The maximum absolute atomic E-state index is 15.0. The van der Waals surface area contributed by atoms with Crippen molar-refractivity contribution in [2.24, 2.45) is 17.6 Å². The summed E-state index contributed by atoms with van der Waals surface area (Å²) in [5, 5.41) is 52.0. The number of aromatic nitrogens is 1. The molecule has 3 aliphatic heterocycles. The highest BCUT2D eigenvalue weighted by atomic mass is 32.2. The first-order chi connectivity index (χ1) is 36.8. The van der Waals surface area contributed by atoms with Crippen molar-refractivity contribution in [3.8, 4) is 5.75 Å². The van der Waals surface area contributed by atoms with Gasteiger partial charge in [-0.1, -0.05) is 40.0 Å². The largest absolute Gasteiger partial charge is 0.610 e. The average Bonchev–Trinajstić information content (AvgIpc) is 3.97. The number of aromatic amines is 1. The lowest BCUT2D eigenvalue weighted by Crippen LogP contribution is -2.62. The van der Waals surface area contributed by atoms with Crippen molar-refractivity contribution in [3.63, 3.8) is 0 Å². The minimum Gasteiger partial charge on any atom is -0.610 e. The van der Waals surface area contributed by atoms with Gasteiger partial charge in [-0.2, -0.15) is 0 Å². The summed E-state index contributed by atoms with van der Waals surface area (Å²) in [7, 11) is 0. The summed E-state index contributed by atoms with van der Waals surface area (Å²) in [6.07, 6.45) is -2.11. The molecule has 10 amide bonds. The highest BCUT2D eigenvalue weighted by Gasteiger charge is 2.45. The van der Waals surface area contributed by atoms with Crippen molar-refractivity contribution in [2.45, 2.75) is 152 Å². The molecule has 4 heterocycles. The van der Waals surface area contributed by atoms with Gasteiger partial charge < -0.3 is 87.5 Å². The van der Waals surface area contributed by atoms with Gasteiger partial charge in [-0.25, -0.2) is 4.79 Å². The number of alkyl carbamates (subject to hydrolysis) is 1. The average molecular weight is 1120 g/mol. The number of unbranched alkanes of at least 4 members (excludes halogenated alkanes) is 3. The summed E-state index contributed by atoms with van der Waals surface area (Å²) in [6.45, 7) is 7.77. The molecule has 1 aromatic heterocycles. The zero-order valence-electron chi connectivity index (χ0n) is 44.7. The number of nitrogens with one attached hydrogen (secondary N) is 9. The molecule has 432 valence electrons. The van der Waals surface area contributed by atoms with Crippen LogP contribution in [0.15, 0.2) is 23.2 Å². The number of H-pyrrole nitrogens is 1. The molecular weight excluding hydrogens is 1040 g/mol. The summed E-state index contributed by atoms with van der Waals surface area (Å²) in [6, 6.07) is -5.23. The predicted molar refractivity (Wildman–Crippen MR) is 279 cm³/mol. The Bertz CT molecular complexity index is 2520. The van der Waals surface area contributed by atoms with Gasteiger partial charge in [-0.05, 0) is 51.7 Å². The summed E-state index contributed by atoms with van der Waals surface area (Å²) in [4.78, 5) is 142. The monoisotopic (exact) mass is 1120 g/mol. The van der Waals surface area contributed by atoms with Crippen molar-refractivity contribution < 1.29 is 77.3 Å². The molecule has 0 saturated carbocycles. The van der Waals surface area contributed by atoms with Crippen LogP contribution in [-0.2, 0) is 65.5 Å². The van der Waals surface area contributed by atoms with Crippen LogP contribution in [0.25, 0.3) is 10.9 Å². The van der Waals surface area contributed by atoms with E-state index in [9.17, 15) is 67.8 Å². The Hall–Kier alpha value is -6.75. The third-order valence-corrected chi connectivity index (χ3v) is 15.0. The number of primary amides is 1. The zero-order valence-corrected chi connectivity index (χ0v) is 45.5. The third-order valence-electron chi connectivity index (χ3n) is 13.5. The molecule has 1 saturated heterocycles. The highest BCUT2D eigenvalue weighted by molar-refractivity contribution is 7.91. The molecule has 1 aromatic carbocycles. The molecule has 28 heteroatoms. The van der Waals surface area contributed by atoms with Crippen molar-refractivity contribution in [2.75, 3.05) is 45.1 Å². The summed E-state index contributed by atoms with van der Waals surface area (Å²) in [5.74, 6) is -11.4. The maximum Gasteiger partial charge on any atom is 0.407 e. The van der Waals surface area contributed by atoms with Gasteiger partial charge in [0.15, 0.2) is 6.04 Å². The van der Waals surface area contributed by atoms with E-state index in [1.54, 1.807) is 52.8 Å². The fourth-order valence-electron chi connectivity index (χ4n) is 9.06. The number of nitrogens with zero attached hydrogens (tertiary/aromatic N) is 1. The Morgan fingerprint density at radius 3 is 2.22 bits per heavy atom. The number of benzene rings is 1. The molecule has 0 spiro atoms.